The van der Waals surface area contributed by atoms with E-state index in [1.165, 1.54) is 25.3 Å². The molecule has 1 saturated carbocycles. The lowest BCUT2D eigenvalue weighted by atomic mass is 9.85. The van der Waals surface area contributed by atoms with Crippen LogP contribution in [0, 0.1) is 5.41 Å². The maximum Gasteiger partial charge on any atom is 0.289 e. The number of hydrogen-bond acceptors (Lipinski definition) is 6. The monoisotopic (exact) mass is 489 g/mol. The van der Waals surface area contributed by atoms with Crippen molar-refractivity contribution in [1.29, 1.82) is 0 Å². The Morgan fingerprint density at radius 2 is 1.66 bits per heavy atom. The smallest absolute Gasteiger partial charge is 0.289 e. The van der Waals surface area contributed by atoms with Crippen LogP contribution < -0.4 is 26.8 Å². The molecule has 1 aliphatic rings. The summed E-state index contributed by atoms with van der Waals surface area (Å²) in [7, 11) is 0. The molecule has 0 aromatic carbocycles. The molecule has 11 nitrogen and oxygen atoms in total. The number of aromatic amines is 1. The molecule has 1 fully saturated rings. The van der Waals surface area contributed by atoms with Crippen molar-refractivity contribution in [3.63, 3.8) is 0 Å². The maximum atomic E-state index is 12.9. The molecule has 35 heavy (non-hydrogen) atoms. The van der Waals surface area contributed by atoms with Crippen molar-refractivity contribution in [2.45, 2.75) is 77.9 Å². The summed E-state index contributed by atoms with van der Waals surface area (Å²) in [6.45, 7) is 6.20. The Hall–Kier alpha value is -3.50. The minimum absolute atomic E-state index is 0.0187. The van der Waals surface area contributed by atoms with Gasteiger partial charge in [-0.3, -0.25) is 28.8 Å². The van der Waals surface area contributed by atoms with Crippen LogP contribution in [0.4, 0.5) is 0 Å². The van der Waals surface area contributed by atoms with Gasteiger partial charge in [0.2, 0.25) is 23.2 Å². The third-order valence-corrected chi connectivity index (χ3v) is 5.82. The van der Waals surface area contributed by atoms with Gasteiger partial charge in [-0.15, -0.1) is 0 Å². The summed E-state index contributed by atoms with van der Waals surface area (Å²) in [6, 6.07) is 0.495. The van der Waals surface area contributed by atoms with Crippen molar-refractivity contribution in [1.82, 2.24) is 26.3 Å². The van der Waals surface area contributed by atoms with Gasteiger partial charge in [0.05, 0.1) is 12.1 Å². The molecule has 4 amide bonds. The van der Waals surface area contributed by atoms with Gasteiger partial charge in [0, 0.05) is 18.3 Å². The van der Waals surface area contributed by atoms with E-state index in [2.05, 4.69) is 26.3 Å². The average Bonchev–Trinajstić information content (AvgIpc) is 2.80. The zero-order valence-corrected chi connectivity index (χ0v) is 20.7. The first-order valence-electron chi connectivity index (χ1n) is 11.8. The van der Waals surface area contributed by atoms with Gasteiger partial charge in [0.1, 0.15) is 12.1 Å². The van der Waals surface area contributed by atoms with Crippen LogP contribution in [0.2, 0.25) is 0 Å². The van der Waals surface area contributed by atoms with Crippen LogP contribution in [0.3, 0.4) is 0 Å². The minimum atomic E-state index is -1.02. The average molecular weight is 490 g/mol. The summed E-state index contributed by atoms with van der Waals surface area (Å²) in [6.07, 6.45) is 6.05. The van der Waals surface area contributed by atoms with Crippen LogP contribution in [0.25, 0.3) is 0 Å². The molecule has 0 bridgehead atoms. The quantitative estimate of drug-likeness (QED) is 0.310. The highest BCUT2D eigenvalue weighted by atomic mass is 16.2. The SMILES string of the molecule is C[C@H](NC(=O)[C@@H](NC(=O)c1ccc(=O)[nH]c1)C(C)(C)C)C(=O)NCC(=O)C(=O)NC1CCCCC1. The topological polar surface area (TPSA) is 166 Å². The van der Waals surface area contributed by atoms with E-state index in [-0.39, 0.29) is 17.2 Å². The molecule has 1 aromatic heterocycles. The Bertz CT molecular complexity index is 986. The van der Waals surface area contributed by atoms with Crippen molar-refractivity contribution in [3.8, 4) is 0 Å². The number of hydrogen-bond donors (Lipinski definition) is 5. The number of Topliss-reactive ketones (excluding diaryl/α,β-unsaturated/α-hetero) is 1. The number of amides is 4. The Morgan fingerprint density at radius 1 is 1.00 bits per heavy atom. The Morgan fingerprint density at radius 3 is 2.23 bits per heavy atom. The number of aromatic nitrogens is 1. The van der Waals surface area contributed by atoms with Gasteiger partial charge in [-0.05, 0) is 31.2 Å². The summed E-state index contributed by atoms with van der Waals surface area (Å²) in [4.78, 5) is 75.6. The predicted molar refractivity (Wildman–Crippen MR) is 128 cm³/mol. The van der Waals surface area contributed by atoms with Crippen molar-refractivity contribution < 1.29 is 24.0 Å². The van der Waals surface area contributed by atoms with E-state index in [4.69, 9.17) is 0 Å². The Balaban J connectivity index is 1.89. The number of rotatable bonds is 9. The van der Waals surface area contributed by atoms with Crippen molar-refractivity contribution in [3.05, 3.63) is 34.2 Å². The fourth-order valence-electron chi connectivity index (χ4n) is 3.72. The van der Waals surface area contributed by atoms with Crippen molar-refractivity contribution in [2.75, 3.05) is 6.54 Å². The van der Waals surface area contributed by atoms with E-state index in [0.717, 1.165) is 32.1 Å². The number of pyridine rings is 1. The zero-order chi connectivity index (χ0) is 26.2. The first-order valence-corrected chi connectivity index (χ1v) is 11.8. The largest absolute Gasteiger partial charge is 0.347 e. The molecule has 1 heterocycles. The summed E-state index contributed by atoms with van der Waals surface area (Å²) in [5, 5.41) is 10.2. The van der Waals surface area contributed by atoms with Gasteiger partial charge >= 0.3 is 0 Å². The fraction of sp³-hybridized carbons (Fsp3) is 0.583. The van der Waals surface area contributed by atoms with Gasteiger partial charge in [0.15, 0.2) is 0 Å². The van der Waals surface area contributed by atoms with Gasteiger partial charge < -0.3 is 26.3 Å². The fourth-order valence-corrected chi connectivity index (χ4v) is 3.72. The van der Waals surface area contributed by atoms with E-state index >= 15 is 0 Å². The molecule has 0 radical (unpaired) electrons. The lowest BCUT2D eigenvalue weighted by Crippen LogP contribution is -2.57. The highest BCUT2D eigenvalue weighted by Gasteiger charge is 2.34. The highest BCUT2D eigenvalue weighted by molar-refractivity contribution is 6.37. The lowest BCUT2D eigenvalue weighted by Gasteiger charge is -2.31. The van der Waals surface area contributed by atoms with E-state index in [0.29, 0.717) is 0 Å². The third-order valence-electron chi connectivity index (χ3n) is 5.82. The van der Waals surface area contributed by atoms with Crippen LogP contribution >= 0.6 is 0 Å². The molecule has 2 rings (SSSR count). The Kier molecular flexibility index (Phi) is 9.73. The zero-order valence-electron chi connectivity index (χ0n) is 20.7. The molecule has 0 aliphatic heterocycles. The van der Waals surface area contributed by atoms with Crippen LogP contribution in [0.15, 0.2) is 23.1 Å². The lowest BCUT2D eigenvalue weighted by molar-refractivity contribution is -0.138. The number of H-pyrrole nitrogens is 1. The number of nitrogens with one attached hydrogen (secondary N) is 5. The predicted octanol–water partition coefficient (Wildman–Crippen LogP) is 0.158. The summed E-state index contributed by atoms with van der Waals surface area (Å²) >= 11 is 0. The standard InChI is InChI=1S/C24H35N5O6/c1-14(20(32)26-13-17(30)22(34)28-16-8-6-5-7-9-16)27-23(35)19(24(2,3)4)29-21(33)15-10-11-18(31)25-12-15/h10-12,14,16,19H,5-9,13H2,1-4H3,(H,25,31)(H,26,32)(H,27,35)(H,28,34)(H,29,33)/t14-,19+/m0/s1. The minimum Gasteiger partial charge on any atom is -0.347 e. The van der Waals surface area contributed by atoms with Gasteiger partial charge in [-0.25, -0.2) is 0 Å². The summed E-state index contributed by atoms with van der Waals surface area (Å²) < 4.78 is 0. The molecule has 0 saturated heterocycles. The molecular weight excluding hydrogens is 454 g/mol. The molecule has 2 atom stereocenters. The normalized spacial score (nSPS) is 15.9. The van der Waals surface area contributed by atoms with Crippen LogP contribution in [0.5, 0.6) is 0 Å². The molecule has 1 aliphatic carbocycles. The number of ketones is 1. The van der Waals surface area contributed by atoms with Crippen molar-refractivity contribution in [2.24, 2.45) is 5.41 Å². The van der Waals surface area contributed by atoms with Crippen LogP contribution in [-0.4, -0.2) is 59.1 Å². The van der Waals surface area contributed by atoms with E-state index < -0.39 is 53.5 Å². The second kappa shape index (κ2) is 12.3. The molecular formula is C24H35N5O6. The first kappa shape index (κ1) is 27.7. The number of carbonyl (C=O) groups excluding carboxylic acids is 5. The van der Waals surface area contributed by atoms with Crippen LogP contribution in [0.1, 0.15) is 70.2 Å². The van der Waals surface area contributed by atoms with Crippen molar-refractivity contribution >= 4 is 29.4 Å². The van der Waals surface area contributed by atoms with E-state index in [1.54, 1.807) is 20.8 Å². The molecule has 0 spiro atoms. The van der Waals surface area contributed by atoms with E-state index in [9.17, 15) is 28.8 Å². The third kappa shape index (κ3) is 8.66. The molecule has 5 N–H and O–H groups in total. The summed E-state index contributed by atoms with van der Waals surface area (Å²) in [5.74, 6) is -3.30. The molecule has 0 unspecified atom stereocenters. The van der Waals surface area contributed by atoms with Gasteiger partial charge in [-0.2, -0.15) is 0 Å². The Labute approximate surface area is 204 Å². The van der Waals surface area contributed by atoms with Gasteiger partial charge in [0.25, 0.3) is 11.8 Å². The molecule has 11 heteroatoms. The number of carbonyl (C=O) groups is 5. The van der Waals surface area contributed by atoms with E-state index in [1.807, 2.05) is 0 Å². The van der Waals surface area contributed by atoms with Gasteiger partial charge in [-0.1, -0.05) is 40.0 Å². The van der Waals surface area contributed by atoms with Crippen LogP contribution in [-0.2, 0) is 19.2 Å². The second-order valence-corrected chi connectivity index (χ2v) is 9.89. The first-order chi connectivity index (χ1) is 16.4. The second-order valence-electron chi connectivity index (χ2n) is 9.89. The molecule has 192 valence electrons. The maximum absolute atomic E-state index is 12.9. The highest BCUT2D eigenvalue weighted by Crippen LogP contribution is 2.20. The summed E-state index contributed by atoms with van der Waals surface area (Å²) in [5.41, 5.74) is -0.899. The molecule has 1 aromatic rings.